The summed E-state index contributed by atoms with van der Waals surface area (Å²) in [6.07, 6.45) is 2.00. The van der Waals surface area contributed by atoms with Crippen LogP contribution < -0.4 is 27.4 Å². The van der Waals surface area contributed by atoms with Gasteiger partial charge in [-0.15, -0.1) is 0 Å². The van der Waals surface area contributed by atoms with Crippen LogP contribution in [0.15, 0.2) is 18.2 Å². The van der Waals surface area contributed by atoms with Crippen LogP contribution >= 0.6 is 0 Å². The number of hydrogen-bond acceptors (Lipinski definition) is 7. The van der Waals surface area contributed by atoms with Crippen molar-refractivity contribution in [3.05, 3.63) is 29.3 Å². The minimum Gasteiger partial charge on any atom is -0.478 e. The van der Waals surface area contributed by atoms with E-state index in [0.29, 0.717) is 25.8 Å². The highest BCUT2D eigenvalue weighted by molar-refractivity contribution is 6.10. The van der Waals surface area contributed by atoms with Crippen molar-refractivity contribution in [1.82, 2.24) is 16.0 Å². The van der Waals surface area contributed by atoms with Crippen molar-refractivity contribution in [2.45, 2.75) is 84.8 Å². The Morgan fingerprint density at radius 3 is 1.82 bits per heavy atom. The van der Waals surface area contributed by atoms with Gasteiger partial charge in [0.1, 0.15) is 12.1 Å². The number of anilines is 1. The number of nitrogen functional groups attached to an aromatic ring is 1. The van der Waals surface area contributed by atoms with Crippen LogP contribution in [0.3, 0.4) is 0 Å². The molecule has 0 saturated carbocycles. The van der Waals surface area contributed by atoms with Gasteiger partial charge in [-0.3, -0.25) is 19.2 Å². The molecule has 0 aromatic heterocycles. The number of carbonyl (C=O) groups excluding carboxylic acids is 4. The molecule has 38 heavy (non-hydrogen) atoms. The molecule has 0 saturated heterocycles. The largest absolute Gasteiger partial charge is 0.478 e. The molecule has 1 rings (SSSR count). The van der Waals surface area contributed by atoms with Gasteiger partial charge in [-0.2, -0.15) is 0 Å². The summed E-state index contributed by atoms with van der Waals surface area (Å²) in [6, 6.07) is 1.08. The summed E-state index contributed by atoms with van der Waals surface area (Å²) in [5.74, 6) is -3.19. The van der Waals surface area contributed by atoms with Crippen LogP contribution in [0.2, 0.25) is 0 Å². The van der Waals surface area contributed by atoms with Gasteiger partial charge in [0.25, 0.3) is 0 Å². The number of rotatable bonds is 16. The fourth-order valence-corrected chi connectivity index (χ4v) is 4.10. The first kappa shape index (κ1) is 32.6. The summed E-state index contributed by atoms with van der Waals surface area (Å²) in [5, 5.41) is 17.7. The third-order valence-electron chi connectivity index (χ3n) is 5.86. The van der Waals surface area contributed by atoms with Gasteiger partial charge in [-0.05, 0) is 68.7 Å². The van der Waals surface area contributed by atoms with Crippen LogP contribution in [0.5, 0.6) is 0 Å². The van der Waals surface area contributed by atoms with Crippen molar-refractivity contribution < 1.29 is 29.1 Å². The molecular weight excluding hydrogens is 490 g/mol. The average Bonchev–Trinajstić information content (AvgIpc) is 2.80. The lowest BCUT2D eigenvalue weighted by Gasteiger charge is -2.27. The Labute approximate surface area is 224 Å². The monoisotopic (exact) mass is 533 g/mol. The summed E-state index contributed by atoms with van der Waals surface area (Å²) < 4.78 is 0. The Morgan fingerprint density at radius 2 is 1.34 bits per heavy atom. The zero-order chi connectivity index (χ0) is 29.0. The maximum atomic E-state index is 13.5. The second kappa shape index (κ2) is 15.7. The summed E-state index contributed by atoms with van der Waals surface area (Å²) in [6.45, 7) is 9.32. The van der Waals surface area contributed by atoms with E-state index < -0.39 is 41.7 Å². The van der Waals surface area contributed by atoms with E-state index in [1.54, 1.807) is 0 Å². The van der Waals surface area contributed by atoms with Gasteiger partial charge in [0, 0.05) is 18.2 Å². The zero-order valence-corrected chi connectivity index (χ0v) is 23.0. The molecular formula is C27H43N5O6. The number of carboxylic acid groups (broad SMARTS) is 1. The van der Waals surface area contributed by atoms with Crippen molar-refractivity contribution in [1.29, 1.82) is 0 Å². The van der Waals surface area contributed by atoms with Crippen molar-refractivity contribution in [3.63, 3.8) is 0 Å². The normalized spacial score (nSPS) is 13.5. The van der Waals surface area contributed by atoms with Crippen LogP contribution in [0.1, 0.15) is 87.4 Å². The van der Waals surface area contributed by atoms with Gasteiger partial charge in [0.15, 0.2) is 5.78 Å². The van der Waals surface area contributed by atoms with Crippen LogP contribution in [-0.4, -0.2) is 59.3 Å². The van der Waals surface area contributed by atoms with E-state index >= 15 is 0 Å². The fraction of sp³-hybridized carbons (Fsp3) is 0.593. The molecule has 11 nitrogen and oxygen atoms in total. The topological polar surface area (TPSA) is 194 Å². The first-order valence-electron chi connectivity index (χ1n) is 13.0. The molecule has 0 spiro atoms. The van der Waals surface area contributed by atoms with E-state index in [1.807, 2.05) is 27.7 Å². The minimum absolute atomic E-state index is 0.0225. The zero-order valence-electron chi connectivity index (χ0n) is 23.0. The van der Waals surface area contributed by atoms with E-state index in [9.17, 15) is 29.1 Å². The van der Waals surface area contributed by atoms with Gasteiger partial charge < -0.3 is 32.5 Å². The van der Waals surface area contributed by atoms with Crippen LogP contribution in [0, 0.1) is 11.8 Å². The lowest BCUT2D eigenvalue weighted by molar-refractivity contribution is -0.132. The average molecular weight is 534 g/mol. The van der Waals surface area contributed by atoms with Gasteiger partial charge in [-0.1, -0.05) is 27.7 Å². The third kappa shape index (κ3) is 10.9. The van der Waals surface area contributed by atoms with Crippen molar-refractivity contribution in [2.75, 3.05) is 12.3 Å². The highest BCUT2D eigenvalue weighted by Gasteiger charge is 2.31. The van der Waals surface area contributed by atoms with Gasteiger partial charge in [0.2, 0.25) is 17.7 Å². The Morgan fingerprint density at radius 1 is 0.816 bits per heavy atom. The molecule has 3 atom stereocenters. The van der Waals surface area contributed by atoms with E-state index in [-0.39, 0.29) is 47.4 Å². The second-order valence-corrected chi connectivity index (χ2v) is 10.4. The fourth-order valence-electron chi connectivity index (χ4n) is 4.10. The Hall–Kier alpha value is -3.47. The Bertz CT molecular complexity index is 994. The number of unbranched alkanes of at least 4 members (excludes halogenated alkanes) is 1. The number of nitrogens with one attached hydrogen (secondary N) is 3. The molecule has 0 unspecified atom stereocenters. The number of hydrogen-bond donors (Lipinski definition) is 6. The van der Waals surface area contributed by atoms with Crippen LogP contribution in [-0.2, 0) is 14.4 Å². The van der Waals surface area contributed by atoms with Crippen LogP contribution in [0.4, 0.5) is 5.69 Å². The molecule has 212 valence electrons. The molecule has 1 aromatic rings. The number of ketones is 1. The number of amides is 3. The predicted molar refractivity (Wildman–Crippen MR) is 145 cm³/mol. The molecule has 0 aliphatic rings. The predicted octanol–water partition coefficient (Wildman–Crippen LogP) is 1.85. The Kier molecular flexibility index (Phi) is 13.5. The lowest BCUT2D eigenvalue weighted by Crippen LogP contribution is -2.56. The smallest absolute Gasteiger partial charge is 0.336 e. The number of nitrogens with two attached hydrogens (primary N) is 2. The maximum Gasteiger partial charge on any atom is 0.336 e. The summed E-state index contributed by atoms with van der Waals surface area (Å²) in [7, 11) is 0. The van der Waals surface area contributed by atoms with E-state index in [4.69, 9.17) is 11.5 Å². The number of benzene rings is 1. The van der Waals surface area contributed by atoms with Gasteiger partial charge in [0.05, 0.1) is 11.6 Å². The molecule has 11 heteroatoms. The summed E-state index contributed by atoms with van der Waals surface area (Å²) in [4.78, 5) is 63.3. The number of carbonyl (C=O) groups is 5. The van der Waals surface area contributed by atoms with Crippen molar-refractivity contribution >= 4 is 35.2 Å². The summed E-state index contributed by atoms with van der Waals surface area (Å²) >= 11 is 0. The maximum absolute atomic E-state index is 13.5. The second-order valence-electron chi connectivity index (χ2n) is 10.4. The van der Waals surface area contributed by atoms with E-state index in [1.165, 1.54) is 25.1 Å². The lowest BCUT2D eigenvalue weighted by atomic mass is 9.94. The molecule has 0 heterocycles. The van der Waals surface area contributed by atoms with Crippen molar-refractivity contribution in [3.8, 4) is 0 Å². The molecule has 1 aromatic carbocycles. The molecule has 0 bridgehead atoms. The Balaban J connectivity index is 3.26. The number of aromatic carboxylic acids is 1. The highest BCUT2D eigenvalue weighted by Crippen LogP contribution is 2.19. The van der Waals surface area contributed by atoms with Crippen molar-refractivity contribution in [2.24, 2.45) is 17.6 Å². The SMILES string of the molecule is CC(=O)N[C@@H](CC(C)C)C(=O)N[C@@H](CC(C)C)C(=O)N[C@@H](CCCCN)C(=O)c1cc(N)ccc1C(=O)O. The highest BCUT2D eigenvalue weighted by atomic mass is 16.4. The van der Waals surface area contributed by atoms with Gasteiger partial charge in [-0.25, -0.2) is 4.79 Å². The standard InChI is InChI=1S/C27H43N5O6/c1-15(2)12-22(30-17(5)33)25(35)32-23(13-16(3)4)26(36)31-21(8-6-7-11-28)24(34)20-14-18(29)9-10-19(20)27(37)38/h9-10,14-16,21-23H,6-8,11-13,28-29H2,1-5H3,(H,30,33)(H,31,36)(H,32,35)(H,37,38)/t21-,22-,23-/m0/s1. The van der Waals surface area contributed by atoms with Gasteiger partial charge >= 0.3 is 5.97 Å². The van der Waals surface area contributed by atoms with E-state index in [2.05, 4.69) is 16.0 Å². The molecule has 0 aliphatic heterocycles. The molecule has 0 radical (unpaired) electrons. The quantitative estimate of drug-likeness (QED) is 0.105. The van der Waals surface area contributed by atoms with E-state index in [0.717, 1.165) is 0 Å². The van der Waals surface area contributed by atoms with Crippen LogP contribution in [0.25, 0.3) is 0 Å². The first-order chi connectivity index (χ1) is 17.8. The number of Topliss-reactive ketones (excluding diaryl/α,β-unsaturated/α-hetero) is 1. The molecule has 0 aliphatic carbocycles. The molecule has 0 fully saturated rings. The summed E-state index contributed by atoms with van der Waals surface area (Å²) in [5.41, 5.74) is 11.3. The molecule has 8 N–H and O–H groups in total. The first-order valence-corrected chi connectivity index (χ1v) is 13.0. The minimum atomic E-state index is -1.29. The molecule has 3 amide bonds. The number of carboxylic acids is 1. The third-order valence-corrected chi connectivity index (χ3v) is 5.86.